The first-order valence-corrected chi connectivity index (χ1v) is 9.35. The SMILES string of the molecule is COc1cc([C@@H]2C(=C(O)c3ccccc3)C(=O)C(=O)N2CC[NH+](C)C)ccc1O. The Balaban J connectivity index is 2.17. The monoisotopic (exact) mass is 397 g/mol. The molecule has 2 aromatic rings. The Hall–Kier alpha value is -3.32. The van der Waals surface area contributed by atoms with E-state index in [2.05, 4.69) is 0 Å². The number of carbonyl (C=O) groups excluding carboxylic acids is 2. The average Bonchev–Trinajstić information content (AvgIpc) is 2.97. The van der Waals surface area contributed by atoms with E-state index in [1.807, 2.05) is 14.1 Å². The number of amides is 1. The first-order chi connectivity index (χ1) is 13.8. The van der Waals surface area contributed by atoms with Gasteiger partial charge in [-0.15, -0.1) is 0 Å². The van der Waals surface area contributed by atoms with Crippen molar-refractivity contribution in [2.75, 3.05) is 34.3 Å². The zero-order valence-electron chi connectivity index (χ0n) is 16.7. The summed E-state index contributed by atoms with van der Waals surface area (Å²) in [7, 11) is 5.34. The lowest BCUT2D eigenvalue weighted by atomic mass is 9.95. The summed E-state index contributed by atoms with van der Waals surface area (Å²) < 4.78 is 5.19. The number of Topliss-reactive ketones (excluding diaryl/α,β-unsaturated/α-hetero) is 1. The summed E-state index contributed by atoms with van der Waals surface area (Å²) in [4.78, 5) is 28.3. The van der Waals surface area contributed by atoms with E-state index < -0.39 is 17.7 Å². The van der Waals surface area contributed by atoms with Crippen LogP contribution in [0.1, 0.15) is 17.2 Å². The van der Waals surface area contributed by atoms with Gasteiger partial charge in [-0.05, 0) is 17.7 Å². The zero-order chi connectivity index (χ0) is 21.1. The van der Waals surface area contributed by atoms with Crippen molar-refractivity contribution in [2.24, 2.45) is 0 Å². The van der Waals surface area contributed by atoms with Crippen molar-refractivity contribution in [3.63, 3.8) is 0 Å². The molecule has 1 saturated heterocycles. The first-order valence-electron chi connectivity index (χ1n) is 9.35. The Morgan fingerprint density at radius 3 is 2.45 bits per heavy atom. The molecule has 7 heteroatoms. The number of likely N-dealkylation sites (tertiary alicyclic amines) is 1. The van der Waals surface area contributed by atoms with Gasteiger partial charge in [-0.2, -0.15) is 0 Å². The number of nitrogens with one attached hydrogen (secondary N) is 1. The number of hydrogen-bond donors (Lipinski definition) is 3. The molecule has 1 fully saturated rings. The number of phenols is 1. The van der Waals surface area contributed by atoms with Crippen LogP contribution in [-0.2, 0) is 9.59 Å². The Labute approximate surface area is 169 Å². The van der Waals surface area contributed by atoms with Crippen LogP contribution in [0.25, 0.3) is 5.76 Å². The molecule has 7 nitrogen and oxygen atoms in total. The summed E-state index contributed by atoms with van der Waals surface area (Å²) in [6.45, 7) is 0.969. The fourth-order valence-electron chi connectivity index (χ4n) is 3.42. The second kappa shape index (κ2) is 8.36. The van der Waals surface area contributed by atoms with Gasteiger partial charge in [0, 0.05) is 5.56 Å². The smallest absolute Gasteiger partial charge is 0.295 e. The third kappa shape index (κ3) is 3.95. The molecule has 3 N–H and O–H groups in total. The van der Waals surface area contributed by atoms with Gasteiger partial charge < -0.3 is 24.7 Å². The quantitative estimate of drug-likeness (QED) is 0.384. The van der Waals surface area contributed by atoms with Crippen LogP contribution in [0, 0.1) is 0 Å². The number of quaternary nitrogens is 1. The molecule has 1 atom stereocenters. The highest BCUT2D eigenvalue weighted by Crippen LogP contribution is 2.41. The zero-order valence-corrected chi connectivity index (χ0v) is 16.7. The summed E-state index contributed by atoms with van der Waals surface area (Å²) >= 11 is 0. The van der Waals surface area contributed by atoms with Gasteiger partial charge in [0.05, 0.1) is 45.9 Å². The predicted molar refractivity (Wildman–Crippen MR) is 108 cm³/mol. The molecule has 2 aromatic carbocycles. The van der Waals surface area contributed by atoms with Gasteiger partial charge in [0.1, 0.15) is 5.76 Å². The van der Waals surface area contributed by atoms with Gasteiger partial charge in [-0.1, -0.05) is 36.4 Å². The number of rotatable bonds is 6. The third-order valence-electron chi connectivity index (χ3n) is 4.96. The van der Waals surface area contributed by atoms with Crippen LogP contribution in [0.3, 0.4) is 0 Å². The largest absolute Gasteiger partial charge is 0.507 e. The molecule has 0 unspecified atom stereocenters. The van der Waals surface area contributed by atoms with Crippen molar-refractivity contribution in [3.8, 4) is 11.5 Å². The van der Waals surface area contributed by atoms with Crippen LogP contribution in [0.5, 0.6) is 11.5 Å². The number of aliphatic hydroxyl groups is 1. The molecule has 0 aliphatic carbocycles. The molecule has 3 rings (SSSR count). The van der Waals surface area contributed by atoms with Gasteiger partial charge in [0.2, 0.25) is 0 Å². The van der Waals surface area contributed by atoms with E-state index in [0.717, 1.165) is 4.90 Å². The van der Waals surface area contributed by atoms with Crippen molar-refractivity contribution in [3.05, 3.63) is 65.2 Å². The summed E-state index contributed by atoms with van der Waals surface area (Å²) in [5.41, 5.74) is 1.06. The van der Waals surface area contributed by atoms with Crippen molar-refractivity contribution in [2.45, 2.75) is 6.04 Å². The van der Waals surface area contributed by atoms with E-state index in [4.69, 9.17) is 4.74 Å². The van der Waals surface area contributed by atoms with Gasteiger partial charge in [-0.25, -0.2) is 0 Å². The Kier molecular flexibility index (Phi) is 5.89. The lowest BCUT2D eigenvalue weighted by Crippen LogP contribution is -3.06. The normalized spacial score (nSPS) is 18.5. The average molecular weight is 397 g/mol. The molecule has 0 aromatic heterocycles. The summed E-state index contributed by atoms with van der Waals surface area (Å²) in [6, 6.07) is 12.6. The molecule has 0 radical (unpaired) electrons. The minimum Gasteiger partial charge on any atom is -0.507 e. The standard InChI is InChI=1S/C22H24N2O5/c1-23(2)11-12-24-19(15-9-10-16(25)17(13-15)29-3)18(21(27)22(24)28)20(26)14-7-5-4-6-8-14/h4-10,13,19,25-26H,11-12H2,1-3H3/p+1/t19-/m1/s1. The van der Waals surface area contributed by atoms with Gasteiger partial charge in [0.25, 0.3) is 11.7 Å². The summed E-state index contributed by atoms with van der Waals surface area (Å²) in [5, 5.41) is 20.9. The number of ether oxygens (including phenoxy) is 1. The molecule has 1 amide bonds. The number of phenolic OH excluding ortho intramolecular Hbond substituents is 1. The number of hydrogen-bond acceptors (Lipinski definition) is 5. The van der Waals surface area contributed by atoms with Crippen LogP contribution in [0.4, 0.5) is 0 Å². The van der Waals surface area contributed by atoms with Gasteiger partial charge in [0.15, 0.2) is 11.5 Å². The highest BCUT2D eigenvalue weighted by atomic mass is 16.5. The van der Waals surface area contributed by atoms with Gasteiger partial charge >= 0.3 is 0 Å². The molecule has 1 aliphatic heterocycles. The van der Waals surface area contributed by atoms with Crippen LogP contribution < -0.4 is 9.64 Å². The Morgan fingerprint density at radius 1 is 1.14 bits per heavy atom. The number of nitrogens with zero attached hydrogens (tertiary/aromatic N) is 1. The molecule has 1 heterocycles. The molecule has 29 heavy (non-hydrogen) atoms. The lowest BCUT2D eigenvalue weighted by molar-refractivity contribution is -0.857. The van der Waals surface area contributed by atoms with E-state index in [1.54, 1.807) is 42.5 Å². The maximum Gasteiger partial charge on any atom is 0.295 e. The number of aromatic hydroxyl groups is 1. The molecule has 0 spiro atoms. The second-order valence-electron chi connectivity index (χ2n) is 7.25. The van der Waals surface area contributed by atoms with Crippen molar-refractivity contribution in [1.82, 2.24) is 4.90 Å². The number of ketones is 1. The third-order valence-corrected chi connectivity index (χ3v) is 4.96. The first kappa shape index (κ1) is 20.4. The van der Waals surface area contributed by atoms with Crippen LogP contribution >= 0.6 is 0 Å². The van der Waals surface area contributed by atoms with E-state index >= 15 is 0 Å². The summed E-state index contributed by atoms with van der Waals surface area (Å²) in [5.74, 6) is -1.42. The van der Waals surface area contributed by atoms with E-state index in [1.165, 1.54) is 18.1 Å². The fraction of sp³-hybridized carbons (Fsp3) is 0.273. The maximum atomic E-state index is 12.9. The Bertz CT molecular complexity index is 953. The molecule has 0 bridgehead atoms. The van der Waals surface area contributed by atoms with Gasteiger partial charge in [-0.3, -0.25) is 9.59 Å². The van der Waals surface area contributed by atoms with Crippen molar-refractivity contribution < 1.29 is 29.4 Å². The maximum absolute atomic E-state index is 12.9. The minimum absolute atomic E-state index is 0.0303. The van der Waals surface area contributed by atoms with Crippen molar-refractivity contribution >= 4 is 17.4 Å². The lowest BCUT2D eigenvalue weighted by Gasteiger charge is -2.26. The molecule has 1 aliphatic rings. The molecular formula is C22H25N2O5+. The fourth-order valence-corrected chi connectivity index (χ4v) is 3.42. The van der Waals surface area contributed by atoms with E-state index in [-0.39, 0.29) is 22.8 Å². The number of carbonyl (C=O) groups is 2. The minimum atomic E-state index is -0.774. The van der Waals surface area contributed by atoms with Crippen LogP contribution in [0.2, 0.25) is 0 Å². The second-order valence-corrected chi connectivity index (χ2v) is 7.25. The molecule has 0 saturated carbocycles. The summed E-state index contributed by atoms with van der Waals surface area (Å²) in [6.07, 6.45) is 0. The van der Waals surface area contributed by atoms with Crippen LogP contribution in [0.15, 0.2) is 54.1 Å². The molecule has 152 valence electrons. The topological polar surface area (TPSA) is 91.5 Å². The number of benzene rings is 2. The highest BCUT2D eigenvalue weighted by Gasteiger charge is 2.46. The molecular weight excluding hydrogens is 372 g/mol. The number of methoxy groups -OCH3 is 1. The highest BCUT2D eigenvalue weighted by molar-refractivity contribution is 6.46. The van der Waals surface area contributed by atoms with Crippen molar-refractivity contribution in [1.29, 1.82) is 0 Å². The van der Waals surface area contributed by atoms with E-state index in [0.29, 0.717) is 24.2 Å². The Morgan fingerprint density at radius 2 is 1.83 bits per heavy atom. The van der Waals surface area contributed by atoms with E-state index in [9.17, 15) is 19.8 Å². The van der Waals surface area contributed by atoms with Crippen LogP contribution in [-0.4, -0.2) is 61.1 Å². The predicted octanol–water partition coefficient (Wildman–Crippen LogP) is 0.967. The number of aliphatic hydroxyl groups excluding tert-OH is 1. The number of likely N-dealkylation sites (N-methyl/N-ethyl adjacent to an activating group) is 1.